The third-order valence-electron chi connectivity index (χ3n) is 6.80. The molecular weight excluding hydrogens is 418 g/mol. The molecule has 1 aromatic carbocycles. The van der Waals surface area contributed by atoms with Gasteiger partial charge in [0.1, 0.15) is 23.7 Å². The molecule has 0 bridgehead atoms. The molecule has 0 spiro atoms. The Labute approximate surface area is 194 Å². The first kappa shape index (κ1) is 23.1. The number of benzene rings is 1. The Kier molecular flexibility index (Phi) is 7.17. The fraction of sp³-hybridized carbons (Fsp3) is 0.462. The van der Waals surface area contributed by atoms with Crippen LogP contribution in [0, 0.1) is 17.8 Å². The summed E-state index contributed by atoms with van der Waals surface area (Å²) in [4.78, 5) is 29.9. The van der Waals surface area contributed by atoms with E-state index < -0.39 is 5.54 Å². The summed E-state index contributed by atoms with van der Waals surface area (Å²) in [5.74, 6) is 6.94. The second kappa shape index (κ2) is 10.2. The predicted octanol–water partition coefficient (Wildman–Crippen LogP) is 2.93. The number of imide groups is 1. The number of urea groups is 1. The zero-order valence-corrected chi connectivity index (χ0v) is 19.0. The van der Waals surface area contributed by atoms with Crippen molar-refractivity contribution >= 4 is 11.9 Å². The van der Waals surface area contributed by atoms with E-state index in [2.05, 4.69) is 34.2 Å². The summed E-state index contributed by atoms with van der Waals surface area (Å²) in [6, 6.07) is 13.4. The van der Waals surface area contributed by atoms with Crippen LogP contribution >= 0.6 is 0 Å². The summed E-state index contributed by atoms with van der Waals surface area (Å²) in [5, 5.41) is 12.3. The number of piperidine rings is 1. The minimum Gasteiger partial charge on any atom is -0.462 e. The van der Waals surface area contributed by atoms with E-state index in [0.717, 1.165) is 43.7 Å². The molecule has 2 aliphatic heterocycles. The minimum absolute atomic E-state index is 0.0538. The third-order valence-corrected chi connectivity index (χ3v) is 6.80. The molecule has 1 aromatic heterocycles. The van der Waals surface area contributed by atoms with Crippen LogP contribution in [0.5, 0.6) is 0 Å². The fourth-order valence-electron chi connectivity index (χ4n) is 4.98. The quantitative estimate of drug-likeness (QED) is 0.478. The lowest BCUT2D eigenvalue weighted by Gasteiger charge is -2.40. The van der Waals surface area contributed by atoms with Gasteiger partial charge in [0.15, 0.2) is 0 Å². The van der Waals surface area contributed by atoms with Gasteiger partial charge in [0.05, 0.1) is 13.1 Å². The van der Waals surface area contributed by atoms with Gasteiger partial charge in [-0.25, -0.2) is 4.79 Å². The lowest BCUT2D eigenvalue weighted by molar-refractivity contribution is -0.134. The van der Waals surface area contributed by atoms with Gasteiger partial charge in [0, 0.05) is 0 Å². The minimum atomic E-state index is -0.900. The molecule has 4 rings (SSSR count). The van der Waals surface area contributed by atoms with Gasteiger partial charge in [0.2, 0.25) is 0 Å². The molecule has 7 heteroatoms. The molecule has 2 N–H and O–H groups in total. The number of hydrogen-bond donors (Lipinski definition) is 2. The highest BCUT2D eigenvalue weighted by atomic mass is 16.4. The van der Waals surface area contributed by atoms with Crippen LogP contribution < -0.4 is 5.32 Å². The van der Waals surface area contributed by atoms with Crippen molar-refractivity contribution in [2.45, 2.75) is 51.3 Å². The van der Waals surface area contributed by atoms with Crippen molar-refractivity contribution in [2.75, 3.05) is 19.6 Å². The first-order valence-corrected chi connectivity index (χ1v) is 11.5. The Morgan fingerprint density at radius 2 is 1.85 bits per heavy atom. The molecule has 3 heterocycles. The second-order valence-corrected chi connectivity index (χ2v) is 8.78. The van der Waals surface area contributed by atoms with Crippen molar-refractivity contribution < 1.29 is 19.1 Å². The molecule has 2 fully saturated rings. The fourth-order valence-corrected chi connectivity index (χ4v) is 4.98. The summed E-state index contributed by atoms with van der Waals surface area (Å²) >= 11 is 0. The monoisotopic (exact) mass is 449 g/mol. The number of carbonyl (C=O) groups excluding carboxylic acids is 2. The van der Waals surface area contributed by atoms with Crippen LogP contribution in [0.25, 0.3) is 0 Å². The van der Waals surface area contributed by atoms with Crippen molar-refractivity contribution in [1.82, 2.24) is 15.1 Å². The summed E-state index contributed by atoms with van der Waals surface area (Å²) < 4.78 is 5.63. The third kappa shape index (κ3) is 4.97. The summed E-state index contributed by atoms with van der Waals surface area (Å²) in [6.07, 6.45) is 2.90. The van der Waals surface area contributed by atoms with Crippen molar-refractivity contribution in [3.63, 3.8) is 0 Å². The molecular formula is C26H31N3O4. The Balaban J connectivity index is 1.48. The highest BCUT2D eigenvalue weighted by Crippen LogP contribution is 2.37. The number of nitrogens with zero attached hydrogens (tertiary/aromatic N) is 2. The standard InChI is InChI=1S/C26H31N3O4/c1-2-3-15-29-24(31)26(27-25(29)32,14-11-20-7-5-4-6-8-20)21-12-16-28(17-13-21)18-22-9-10-23(19-30)33-22/h4-10,21,30H,11-19H2,1H3,(H,27,32). The SMILES string of the molecule is CC#CCN1C(=O)NC(CCc2ccccc2)(C2CCN(Cc3ccc(CO)o3)CC2)C1=O. The molecule has 2 aromatic rings. The van der Waals surface area contributed by atoms with E-state index in [0.29, 0.717) is 18.7 Å². The lowest BCUT2D eigenvalue weighted by Crippen LogP contribution is -2.56. The van der Waals surface area contributed by atoms with Crippen molar-refractivity contribution in [1.29, 1.82) is 0 Å². The molecule has 2 saturated heterocycles. The first-order valence-electron chi connectivity index (χ1n) is 11.5. The van der Waals surface area contributed by atoms with Crippen LogP contribution in [0.2, 0.25) is 0 Å². The van der Waals surface area contributed by atoms with E-state index in [1.807, 2.05) is 24.3 Å². The van der Waals surface area contributed by atoms with Crippen LogP contribution in [0.15, 0.2) is 46.9 Å². The van der Waals surface area contributed by atoms with E-state index in [9.17, 15) is 14.7 Å². The maximum Gasteiger partial charge on any atom is 0.325 e. The molecule has 2 aliphatic rings. The Hall–Kier alpha value is -3.08. The molecule has 1 unspecified atom stereocenters. The number of carbonyl (C=O) groups is 2. The van der Waals surface area contributed by atoms with Gasteiger partial charge in [-0.2, -0.15) is 0 Å². The zero-order chi connectivity index (χ0) is 23.3. The van der Waals surface area contributed by atoms with Crippen molar-refractivity contribution in [2.24, 2.45) is 5.92 Å². The number of aliphatic hydroxyl groups excluding tert-OH is 1. The molecule has 33 heavy (non-hydrogen) atoms. The largest absolute Gasteiger partial charge is 0.462 e. The average Bonchev–Trinajstić information content (AvgIpc) is 3.39. The van der Waals surface area contributed by atoms with E-state index in [-0.39, 0.29) is 31.0 Å². The van der Waals surface area contributed by atoms with E-state index in [1.165, 1.54) is 4.90 Å². The maximum absolute atomic E-state index is 13.6. The molecule has 0 saturated carbocycles. The Bertz CT molecular complexity index is 1030. The van der Waals surface area contributed by atoms with Crippen molar-refractivity contribution in [3.05, 3.63) is 59.5 Å². The van der Waals surface area contributed by atoms with Crippen LogP contribution in [0.3, 0.4) is 0 Å². The van der Waals surface area contributed by atoms with Gasteiger partial charge in [0.25, 0.3) is 5.91 Å². The first-order chi connectivity index (χ1) is 16.1. The average molecular weight is 450 g/mol. The smallest absolute Gasteiger partial charge is 0.325 e. The molecule has 1 atom stereocenters. The highest BCUT2D eigenvalue weighted by molar-refractivity contribution is 6.07. The van der Waals surface area contributed by atoms with Crippen LogP contribution in [0.4, 0.5) is 4.79 Å². The van der Waals surface area contributed by atoms with E-state index in [1.54, 1.807) is 13.0 Å². The topological polar surface area (TPSA) is 86.0 Å². The molecule has 0 radical (unpaired) electrons. The molecule has 3 amide bonds. The zero-order valence-electron chi connectivity index (χ0n) is 19.0. The second-order valence-electron chi connectivity index (χ2n) is 8.78. The van der Waals surface area contributed by atoms with Gasteiger partial charge in [-0.1, -0.05) is 36.3 Å². The lowest BCUT2D eigenvalue weighted by atomic mass is 9.74. The van der Waals surface area contributed by atoms with Crippen LogP contribution in [-0.4, -0.2) is 52.0 Å². The number of aliphatic hydroxyl groups is 1. The molecule has 0 aliphatic carbocycles. The van der Waals surface area contributed by atoms with Crippen LogP contribution in [-0.2, 0) is 24.4 Å². The van der Waals surface area contributed by atoms with Crippen molar-refractivity contribution in [3.8, 4) is 11.8 Å². The number of furan rings is 1. The molecule has 174 valence electrons. The number of rotatable bonds is 8. The number of likely N-dealkylation sites (tertiary alicyclic amines) is 1. The Morgan fingerprint density at radius 3 is 2.52 bits per heavy atom. The molecule has 7 nitrogen and oxygen atoms in total. The maximum atomic E-state index is 13.6. The summed E-state index contributed by atoms with van der Waals surface area (Å²) in [5.41, 5.74) is 0.254. The highest BCUT2D eigenvalue weighted by Gasteiger charge is 2.55. The van der Waals surface area contributed by atoms with Gasteiger partial charge in [-0.05, 0) is 69.3 Å². The summed E-state index contributed by atoms with van der Waals surface area (Å²) in [6.45, 7) is 4.02. The number of nitrogens with one attached hydrogen (secondary N) is 1. The van der Waals surface area contributed by atoms with Gasteiger partial charge in [-0.15, -0.1) is 5.92 Å². The number of aryl methyl sites for hydroxylation is 1. The van der Waals surface area contributed by atoms with E-state index >= 15 is 0 Å². The normalized spacial score (nSPS) is 21.7. The summed E-state index contributed by atoms with van der Waals surface area (Å²) in [7, 11) is 0. The van der Waals surface area contributed by atoms with Gasteiger partial charge < -0.3 is 14.8 Å². The van der Waals surface area contributed by atoms with Crippen LogP contribution in [0.1, 0.15) is 43.3 Å². The Morgan fingerprint density at radius 1 is 1.12 bits per heavy atom. The van der Waals surface area contributed by atoms with Gasteiger partial charge in [-0.3, -0.25) is 14.6 Å². The predicted molar refractivity (Wildman–Crippen MR) is 124 cm³/mol. The number of amides is 3. The van der Waals surface area contributed by atoms with Gasteiger partial charge >= 0.3 is 6.03 Å². The van der Waals surface area contributed by atoms with E-state index in [4.69, 9.17) is 4.42 Å². The number of hydrogen-bond acceptors (Lipinski definition) is 5.